The van der Waals surface area contributed by atoms with Gasteiger partial charge in [-0.05, 0) is 25.0 Å². The number of halogens is 6. The third-order valence-electron chi connectivity index (χ3n) is 7.28. The van der Waals surface area contributed by atoms with Gasteiger partial charge in [0.2, 0.25) is 0 Å². The summed E-state index contributed by atoms with van der Waals surface area (Å²) in [6.07, 6.45) is -5.57. The van der Waals surface area contributed by atoms with Gasteiger partial charge in [0.15, 0.2) is 11.6 Å². The molecule has 16 heteroatoms. The van der Waals surface area contributed by atoms with Crippen molar-refractivity contribution in [3.63, 3.8) is 0 Å². The Morgan fingerprint density at radius 3 is 2.46 bits per heavy atom. The number of hydrogen-bond acceptors (Lipinski definition) is 8. The minimum absolute atomic E-state index is 0.0330. The summed E-state index contributed by atoms with van der Waals surface area (Å²) >= 11 is 5.63. The number of nitrogens with zero attached hydrogens (tertiary/aromatic N) is 6. The van der Waals surface area contributed by atoms with Crippen molar-refractivity contribution >= 4 is 11.6 Å². The molecule has 10 nitrogen and oxygen atoms in total. The van der Waals surface area contributed by atoms with Crippen molar-refractivity contribution in [1.82, 2.24) is 30.0 Å². The quantitative estimate of drug-likeness (QED) is 0.324. The molecule has 39 heavy (non-hydrogen) atoms. The van der Waals surface area contributed by atoms with Gasteiger partial charge in [-0.1, -0.05) is 22.0 Å². The molecule has 1 saturated carbocycles. The lowest BCUT2D eigenvalue weighted by molar-refractivity contribution is -0.212. The Kier molecular flexibility index (Phi) is 7.63. The van der Waals surface area contributed by atoms with Crippen LogP contribution in [-0.4, -0.2) is 84.5 Å². The lowest BCUT2D eigenvalue weighted by Gasteiger charge is -2.43. The smallest absolute Gasteiger partial charge is 0.391 e. The molecule has 5 atom stereocenters. The number of aromatic nitrogens is 6. The second-order valence-corrected chi connectivity index (χ2v) is 10.0. The van der Waals surface area contributed by atoms with E-state index in [4.69, 9.17) is 21.1 Å². The van der Waals surface area contributed by atoms with Crippen LogP contribution in [0.3, 0.4) is 0 Å². The van der Waals surface area contributed by atoms with Crippen LogP contribution < -0.4 is 0 Å². The highest BCUT2D eigenvalue weighted by Gasteiger charge is 2.49. The first-order chi connectivity index (χ1) is 18.5. The third-order valence-corrected chi connectivity index (χ3v) is 7.57. The van der Waals surface area contributed by atoms with E-state index in [1.165, 1.54) is 41.0 Å². The van der Waals surface area contributed by atoms with Gasteiger partial charge in [-0.2, -0.15) is 13.2 Å². The highest BCUT2D eigenvalue weighted by atomic mass is 35.5. The van der Waals surface area contributed by atoms with Crippen molar-refractivity contribution in [2.24, 2.45) is 5.92 Å². The Balaban J connectivity index is 1.37. The van der Waals surface area contributed by atoms with Crippen LogP contribution in [0.25, 0.3) is 11.3 Å². The monoisotopic (exact) mass is 578 g/mol. The summed E-state index contributed by atoms with van der Waals surface area (Å²) in [7, 11) is 1.37. The molecular weight excluding hydrogens is 555 g/mol. The van der Waals surface area contributed by atoms with Gasteiger partial charge in [-0.25, -0.2) is 18.1 Å². The molecule has 2 aromatic heterocycles. The van der Waals surface area contributed by atoms with Crippen molar-refractivity contribution in [3.05, 3.63) is 46.9 Å². The van der Waals surface area contributed by atoms with Crippen molar-refractivity contribution in [1.29, 1.82) is 0 Å². The first kappa shape index (κ1) is 27.8. The molecule has 1 saturated heterocycles. The van der Waals surface area contributed by atoms with Crippen LogP contribution in [-0.2, 0) is 15.9 Å². The molecule has 5 rings (SSSR count). The SMILES string of the molecule is CO[C@@H]1[C@@H](n2cc(-c3ccc(Cl)c(F)c3F)nn2)[C@@H](O)[C@@H](CO)O[C@@H]1Cc1cn(C2CC(C(F)(F)F)C2)nn1. The van der Waals surface area contributed by atoms with Gasteiger partial charge >= 0.3 is 6.18 Å². The van der Waals surface area contributed by atoms with Gasteiger partial charge in [-0.15, -0.1) is 10.2 Å². The topological polar surface area (TPSA) is 120 Å². The number of aliphatic hydroxyl groups excluding tert-OH is 2. The second-order valence-electron chi connectivity index (χ2n) is 9.64. The standard InChI is InChI=1S/C23H24ClF5N6O4/c1-38-22-16(6-11-7-34(32-30-11)12-4-10(5-12)23(27,28)29)39-17(9-36)21(37)20(22)35-8-15(31-33-35)13-2-3-14(24)19(26)18(13)25/h2-3,7-8,10,12,16-17,20-22,36-37H,4-6,9H2,1H3/t10?,12?,16-,17-,20+,21+,22+/m1/s1. The number of ether oxygens (including phenoxy) is 2. The Morgan fingerprint density at radius 2 is 1.79 bits per heavy atom. The van der Waals surface area contributed by atoms with Crippen LogP contribution in [0.15, 0.2) is 24.5 Å². The number of hydrogen-bond donors (Lipinski definition) is 2. The summed E-state index contributed by atoms with van der Waals surface area (Å²) in [6, 6.07) is 1.02. The summed E-state index contributed by atoms with van der Waals surface area (Å²) in [6.45, 7) is -0.559. The van der Waals surface area contributed by atoms with Gasteiger partial charge in [0, 0.05) is 25.3 Å². The maximum Gasteiger partial charge on any atom is 0.391 e. The summed E-state index contributed by atoms with van der Waals surface area (Å²) in [5.41, 5.74) is 0.172. The van der Waals surface area contributed by atoms with Gasteiger partial charge in [0.05, 0.1) is 41.6 Å². The normalized spacial score (nSPS) is 29.4. The van der Waals surface area contributed by atoms with Gasteiger partial charge in [0.1, 0.15) is 30.0 Å². The maximum atomic E-state index is 14.5. The predicted octanol–water partition coefficient (Wildman–Crippen LogP) is 2.90. The predicted molar refractivity (Wildman–Crippen MR) is 124 cm³/mol. The van der Waals surface area contributed by atoms with Gasteiger partial charge in [-0.3, -0.25) is 0 Å². The Hall–Kier alpha value is -2.72. The lowest BCUT2D eigenvalue weighted by Crippen LogP contribution is -2.57. The highest BCUT2D eigenvalue weighted by Crippen LogP contribution is 2.47. The first-order valence-electron chi connectivity index (χ1n) is 12.0. The fraction of sp³-hybridized carbons (Fsp3) is 0.565. The molecular formula is C23H24ClF5N6O4. The van der Waals surface area contributed by atoms with E-state index >= 15 is 0 Å². The zero-order valence-electron chi connectivity index (χ0n) is 20.3. The molecule has 3 heterocycles. The molecule has 3 aromatic rings. The average molecular weight is 579 g/mol. The van der Waals surface area contributed by atoms with Crippen LogP contribution in [0.4, 0.5) is 22.0 Å². The van der Waals surface area contributed by atoms with E-state index in [0.717, 1.165) is 0 Å². The van der Waals surface area contributed by atoms with E-state index in [0.29, 0.717) is 5.69 Å². The van der Waals surface area contributed by atoms with Gasteiger partial charge in [0.25, 0.3) is 0 Å². The number of methoxy groups -OCH3 is 1. The Morgan fingerprint density at radius 1 is 1.08 bits per heavy atom. The van der Waals surface area contributed by atoms with Crippen LogP contribution in [0.1, 0.15) is 30.6 Å². The zero-order valence-corrected chi connectivity index (χ0v) is 21.1. The molecule has 0 radical (unpaired) electrons. The minimum atomic E-state index is -4.24. The van der Waals surface area contributed by atoms with E-state index < -0.39 is 71.9 Å². The molecule has 0 bridgehead atoms. The molecule has 2 N–H and O–H groups in total. The summed E-state index contributed by atoms with van der Waals surface area (Å²) in [4.78, 5) is 0. The Labute approximate surface area is 223 Å². The maximum absolute atomic E-state index is 14.5. The van der Waals surface area contributed by atoms with E-state index in [2.05, 4.69) is 20.6 Å². The van der Waals surface area contributed by atoms with Crippen LogP contribution in [0.5, 0.6) is 0 Å². The number of benzene rings is 1. The summed E-state index contributed by atoms with van der Waals surface area (Å²) < 4.78 is 81.1. The third kappa shape index (κ3) is 5.25. The van der Waals surface area contributed by atoms with Crippen LogP contribution >= 0.6 is 11.6 Å². The zero-order chi connectivity index (χ0) is 28.1. The minimum Gasteiger partial charge on any atom is -0.394 e. The molecule has 1 aliphatic heterocycles. The van der Waals surface area contributed by atoms with E-state index in [9.17, 15) is 32.2 Å². The second kappa shape index (κ2) is 10.7. The number of aliphatic hydroxyl groups is 2. The molecule has 212 valence electrons. The average Bonchev–Trinajstić information content (AvgIpc) is 3.51. The molecule has 2 fully saturated rings. The summed E-state index contributed by atoms with van der Waals surface area (Å²) in [5, 5.41) is 36.3. The van der Waals surface area contributed by atoms with E-state index in [1.54, 1.807) is 0 Å². The first-order valence-corrected chi connectivity index (χ1v) is 12.4. The Bertz CT molecular complexity index is 1320. The highest BCUT2D eigenvalue weighted by molar-refractivity contribution is 6.30. The van der Waals surface area contributed by atoms with Crippen molar-refractivity contribution in [2.45, 2.75) is 61.9 Å². The largest absolute Gasteiger partial charge is 0.394 e. The van der Waals surface area contributed by atoms with Crippen LogP contribution in [0, 0.1) is 17.6 Å². The van der Waals surface area contributed by atoms with Crippen molar-refractivity contribution in [2.75, 3.05) is 13.7 Å². The summed E-state index contributed by atoms with van der Waals surface area (Å²) in [5.74, 6) is -3.82. The fourth-order valence-electron chi connectivity index (χ4n) is 5.06. The molecule has 0 unspecified atom stereocenters. The van der Waals surface area contributed by atoms with Crippen molar-refractivity contribution in [3.8, 4) is 11.3 Å². The number of rotatable bonds is 7. The lowest BCUT2D eigenvalue weighted by atomic mass is 9.80. The van der Waals surface area contributed by atoms with Crippen LogP contribution in [0.2, 0.25) is 5.02 Å². The number of alkyl halides is 3. The molecule has 2 aliphatic rings. The van der Waals surface area contributed by atoms with Crippen molar-refractivity contribution < 1.29 is 41.6 Å². The van der Waals surface area contributed by atoms with Gasteiger partial charge < -0.3 is 19.7 Å². The molecule has 0 spiro atoms. The molecule has 1 aliphatic carbocycles. The van der Waals surface area contributed by atoms with E-state index in [1.807, 2.05) is 0 Å². The van der Waals surface area contributed by atoms with E-state index in [-0.39, 0.29) is 30.5 Å². The molecule has 1 aromatic carbocycles. The fourth-order valence-corrected chi connectivity index (χ4v) is 5.21. The molecule has 0 amide bonds.